The van der Waals surface area contributed by atoms with Crippen LogP contribution in [0, 0.1) is 0 Å². The lowest BCUT2D eigenvalue weighted by atomic mass is 10.1. The maximum atomic E-state index is 9.50. The van der Waals surface area contributed by atoms with E-state index in [1.54, 1.807) is 0 Å². The van der Waals surface area contributed by atoms with Crippen molar-refractivity contribution < 1.29 is 19.7 Å². The Morgan fingerprint density at radius 2 is 1.77 bits per heavy atom. The van der Waals surface area contributed by atoms with Crippen LogP contribution in [0.5, 0.6) is 0 Å². The van der Waals surface area contributed by atoms with Crippen LogP contribution in [0.15, 0.2) is 0 Å². The van der Waals surface area contributed by atoms with Crippen LogP contribution in [0.4, 0.5) is 0 Å². The van der Waals surface area contributed by atoms with Gasteiger partial charge in [-0.15, -0.1) is 0 Å². The highest BCUT2D eigenvalue weighted by atomic mass is 16.8. The Morgan fingerprint density at radius 1 is 1.23 bits per heavy atom. The van der Waals surface area contributed by atoms with Crippen molar-refractivity contribution in [1.82, 2.24) is 0 Å². The molecule has 0 amide bonds. The van der Waals surface area contributed by atoms with Gasteiger partial charge in [-0.3, -0.25) is 0 Å². The summed E-state index contributed by atoms with van der Waals surface area (Å²) in [5, 5.41) is 19.0. The van der Waals surface area contributed by atoms with Crippen molar-refractivity contribution in [2.75, 3.05) is 14.2 Å². The van der Waals surface area contributed by atoms with Crippen molar-refractivity contribution >= 4 is 0 Å². The molecule has 0 radical (unpaired) electrons. The zero-order valence-corrected chi connectivity index (χ0v) is 8.62. The molecule has 0 aromatic heterocycles. The third kappa shape index (κ3) is 4.04. The molecule has 0 saturated heterocycles. The van der Waals surface area contributed by atoms with Gasteiger partial charge in [-0.25, -0.2) is 0 Å². The Hall–Kier alpha value is -0.160. The predicted octanol–water partition coefficient (Wildman–Crippen LogP) is 0.867. The zero-order chi connectivity index (χ0) is 10.3. The van der Waals surface area contributed by atoms with E-state index in [1.807, 2.05) is 0 Å². The van der Waals surface area contributed by atoms with Gasteiger partial charge in [0.15, 0.2) is 0 Å². The molecule has 0 fully saturated rings. The average molecular weight is 192 g/mol. The highest BCUT2D eigenvalue weighted by molar-refractivity contribution is 4.66. The molecule has 0 bridgehead atoms. The maximum absolute atomic E-state index is 9.50. The van der Waals surface area contributed by atoms with Crippen LogP contribution in [0.25, 0.3) is 0 Å². The third-order valence-electron chi connectivity index (χ3n) is 2.09. The fourth-order valence-corrected chi connectivity index (χ4v) is 1.13. The zero-order valence-electron chi connectivity index (χ0n) is 8.62. The van der Waals surface area contributed by atoms with Crippen molar-refractivity contribution in [2.24, 2.45) is 0 Å². The quantitative estimate of drug-likeness (QED) is 0.464. The van der Waals surface area contributed by atoms with Gasteiger partial charge >= 0.3 is 5.97 Å². The summed E-state index contributed by atoms with van der Waals surface area (Å²) < 4.78 is 9.33. The Kier molecular flexibility index (Phi) is 6.24. The molecule has 0 rings (SSSR count). The van der Waals surface area contributed by atoms with Crippen molar-refractivity contribution in [1.29, 1.82) is 0 Å². The summed E-state index contributed by atoms with van der Waals surface area (Å²) in [7, 11) is 2.60. The molecule has 0 heterocycles. The number of methoxy groups -OCH3 is 2. The largest absolute Gasteiger partial charge is 0.385 e. The molecular weight excluding hydrogens is 172 g/mol. The van der Waals surface area contributed by atoms with Gasteiger partial charge in [0.2, 0.25) is 0 Å². The minimum absolute atomic E-state index is 0.478. The molecule has 2 N–H and O–H groups in total. The van der Waals surface area contributed by atoms with Gasteiger partial charge in [0, 0.05) is 14.2 Å². The van der Waals surface area contributed by atoms with Crippen LogP contribution in [-0.2, 0) is 9.47 Å². The van der Waals surface area contributed by atoms with E-state index in [4.69, 9.17) is 0 Å². The normalized spacial score (nSPS) is 14.5. The van der Waals surface area contributed by atoms with Gasteiger partial charge in [0.25, 0.3) is 0 Å². The second-order valence-electron chi connectivity index (χ2n) is 3.05. The lowest BCUT2D eigenvalue weighted by molar-refractivity contribution is -0.378. The Labute approximate surface area is 79.5 Å². The van der Waals surface area contributed by atoms with Crippen LogP contribution in [0.3, 0.4) is 0 Å². The molecule has 1 unspecified atom stereocenters. The monoisotopic (exact) mass is 192 g/mol. The summed E-state index contributed by atoms with van der Waals surface area (Å²) in [6, 6.07) is 0. The fourth-order valence-electron chi connectivity index (χ4n) is 1.13. The maximum Gasteiger partial charge on any atom is 0.307 e. The molecule has 0 spiro atoms. The molecule has 13 heavy (non-hydrogen) atoms. The van der Waals surface area contributed by atoms with Crippen molar-refractivity contribution in [3.8, 4) is 0 Å². The first-order valence-electron chi connectivity index (χ1n) is 4.61. The molecule has 0 aliphatic rings. The first kappa shape index (κ1) is 12.8. The molecular formula is C9H20O4. The van der Waals surface area contributed by atoms with Gasteiger partial charge in [0.1, 0.15) is 6.10 Å². The van der Waals surface area contributed by atoms with Crippen molar-refractivity contribution in [3.63, 3.8) is 0 Å². The molecule has 0 aliphatic heterocycles. The van der Waals surface area contributed by atoms with Crippen LogP contribution >= 0.6 is 0 Å². The molecule has 4 heteroatoms. The molecule has 4 nitrogen and oxygen atoms in total. The van der Waals surface area contributed by atoms with Gasteiger partial charge < -0.3 is 19.7 Å². The first-order valence-corrected chi connectivity index (χ1v) is 4.61. The Morgan fingerprint density at radius 3 is 2.15 bits per heavy atom. The minimum atomic E-state index is -1.85. The molecule has 0 aliphatic carbocycles. The lowest BCUT2D eigenvalue weighted by Gasteiger charge is -2.29. The van der Waals surface area contributed by atoms with E-state index in [2.05, 4.69) is 16.4 Å². The summed E-state index contributed by atoms with van der Waals surface area (Å²) in [5.41, 5.74) is 0. The second kappa shape index (κ2) is 6.32. The summed E-state index contributed by atoms with van der Waals surface area (Å²) in [6.45, 7) is 2.07. The van der Waals surface area contributed by atoms with E-state index in [1.165, 1.54) is 14.2 Å². The number of unbranched alkanes of at least 4 members (excludes halogenated alkanes) is 2. The number of hydrogen-bond donors (Lipinski definition) is 2. The number of rotatable bonds is 7. The fraction of sp³-hybridized carbons (Fsp3) is 1.00. The van der Waals surface area contributed by atoms with E-state index in [0.29, 0.717) is 6.42 Å². The van der Waals surface area contributed by atoms with Crippen molar-refractivity contribution in [2.45, 2.75) is 44.7 Å². The Balaban J connectivity index is 3.84. The summed E-state index contributed by atoms with van der Waals surface area (Å²) in [6.07, 6.45) is 2.44. The Bertz CT molecular complexity index is 123. The van der Waals surface area contributed by atoms with Gasteiger partial charge in [-0.1, -0.05) is 26.2 Å². The number of aliphatic hydroxyl groups excluding tert-OH is 1. The number of hydrogen-bond acceptors (Lipinski definition) is 4. The van der Waals surface area contributed by atoms with Crippen LogP contribution in [-0.4, -0.2) is 36.5 Å². The molecule has 0 saturated carbocycles. The molecule has 1 atom stereocenters. The van der Waals surface area contributed by atoms with Crippen molar-refractivity contribution in [3.05, 3.63) is 0 Å². The SMILES string of the molecule is CCCCCC(O)C(O)(OC)OC. The smallest absolute Gasteiger partial charge is 0.307 e. The molecule has 80 valence electrons. The first-order chi connectivity index (χ1) is 6.10. The van der Waals surface area contributed by atoms with E-state index < -0.39 is 12.1 Å². The van der Waals surface area contributed by atoms with E-state index in [9.17, 15) is 10.2 Å². The number of ether oxygens (including phenoxy) is 2. The van der Waals surface area contributed by atoms with Crippen LogP contribution in [0.1, 0.15) is 32.6 Å². The molecule has 0 aromatic carbocycles. The van der Waals surface area contributed by atoms with Crippen LogP contribution < -0.4 is 0 Å². The predicted molar refractivity (Wildman–Crippen MR) is 49.1 cm³/mol. The highest BCUT2D eigenvalue weighted by Gasteiger charge is 2.35. The van der Waals surface area contributed by atoms with E-state index in [-0.39, 0.29) is 0 Å². The van der Waals surface area contributed by atoms with E-state index in [0.717, 1.165) is 19.3 Å². The van der Waals surface area contributed by atoms with Crippen LogP contribution in [0.2, 0.25) is 0 Å². The summed E-state index contributed by atoms with van der Waals surface area (Å²) in [5.74, 6) is -1.85. The summed E-state index contributed by atoms with van der Waals surface area (Å²) >= 11 is 0. The van der Waals surface area contributed by atoms with E-state index >= 15 is 0 Å². The number of aliphatic hydroxyl groups is 2. The third-order valence-corrected chi connectivity index (χ3v) is 2.09. The van der Waals surface area contributed by atoms with Gasteiger partial charge in [0.05, 0.1) is 0 Å². The minimum Gasteiger partial charge on any atom is -0.385 e. The second-order valence-corrected chi connectivity index (χ2v) is 3.05. The standard InChI is InChI=1S/C9H20O4/c1-4-5-6-7-8(10)9(11,12-2)13-3/h8,10-11H,4-7H2,1-3H3. The topological polar surface area (TPSA) is 58.9 Å². The lowest BCUT2D eigenvalue weighted by Crippen LogP contribution is -2.45. The highest BCUT2D eigenvalue weighted by Crippen LogP contribution is 2.17. The molecule has 0 aromatic rings. The summed E-state index contributed by atoms with van der Waals surface area (Å²) in [4.78, 5) is 0. The average Bonchev–Trinajstić information content (AvgIpc) is 2.17. The van der Waals surface area contributed by atoms with Gasteiger partial charge in [-0.05, 0) is 6.42 Å². The van der Waals surface area contributed by atoms with Gasteiger partial charge in [-0.2, -0.15) is 0 Å².